The van der Waals surface area contributed by atoms with Crippen LogP contribution in [0.1, 0.15) is 5.56 Å². The van der Waals surface area contributed by atoms with Gasteiger partial charge >= 0.3 is 0 Å². The molecular weight excluding hydrogens is 377 g/mol. The van der Waals surface area contributed by atoms with Crippen LogP contribution in [-0.4, -0.2) is 45.6 Å². The normalized spacial score (nSPS) is 11.4. The van der Waals surface area contributed by atoms with Crippen LogP contribution in [0.15, 0.2) is 47.6 Å². The van der Waals surface area contributed by atoms with Gasteiger partial charge in [0, 0.05) is 5.56 Å². The van der Waals surface area contributed by atoms with E-state index < -0.39 is 28.3 Å². The molecular formula is C17H18FN3O5S. The molecule has 27 heavy (non-hydrogen) atoms. The zero-order chi connectivity index (χ0) is 20.0. The Morgan fingerprint density at radius 3 is 2.63 bits per heavy atom. The fraction of sp³-hybridized carbons (Fsp3) is 0.176. The number of amides is 1. The van der Waals surface area contributed by atoms with Crippen LogP contribution >= 0.6 is 0 Å². The molecule has 1 amide bonds. The molecule has 2 aromatic rings. The van der Waals surface area contributed by atoms with Crippen LogP contribution in [0.4, 0.5) is 10.1 Å². The molecule has 0 fully saturated rings. The van der Waals surface area contributed by atoms with E-state index in [-0.39, 0.29) is 22.7 Å². The van der Waals surface area contributed by atoms with Gasteiger partial charge in [-0.25, -0.2) is 18.2 Å². The van der Waals surface area contributed by atoms with E-state index in [0.29, 0.717) is 4.31 Å². The van der Waals surface area contributed by atoms with E-state index >= 15 is 0 Å². The highest BCUT2D eigenvalue weighted by atomic mass is 32.2. The average molecular weight is 395 g/mol. The second kappa shape index (κ2) is 8.49. The number of hydrogen-bond donors (Lipinski definition) is 2. The maximum absolute atomic E-state index is 13.9. The van der Waals surface area contributed by atoms with Gasteiger partial charge in [0.2, 0.25) is 10.0 Å². The molecule has 0 heterocycles. The molecule has 0 aliphatic heterocycles. The molecule has 8 nitrogen and oxygen atoms in total. The van der Waals surface area contributed by atoms with Crippen LogP contribution in [0.3, 0.4) is 0 Å². The van der Waals surface area contributed by atoms with Crippen molar-refractivity contribution in [2.75, 3.05) is 24.2 Å². The lowest BCUT2D eigenvalue weighted by Gasteiger charge is -2.21. The number of carbonyl (C=O) groups excluding carboxylic acids is 1. The van der Waals surface area contributed by atoms with Crippen LogP contribution < -0.4 is 14.5 Å². The van der Waals surface area contributed by atoms with Gasteiger partial charge < -0.3 is 9.84 Å². The minimum atomic E-state index is -3.90. The molecule has 0 aliphatic rings. The Morgan fingerprint density at radius 1 is 1.30 bits per heavy atom. The second-order valence-corrected chi connectivity index (χ2v) is 7.32. The summed E-state index contributed by atoms with van der Waals surface area (Å²) < 4.78 is 43.3. The van der Waals surface area contributed by atoms with Crippen molar-refractivity contribution in [3.8, 4) is 11.5 Å². The summed E-state index contributed by atoms with van der Waals surface area (Å²) in [5.41, 5.74) is 2.17. The largest absolute Gasteiger partial charge is 0.504 e. The minimum absolute atomic E-state index is 0.165. The predicted molar refractivity (Wildman–Crippen MR) is 99.0 cm³/mol. The molecule has 0 atom stereocenters. The van der Waals surface area contributed by atoms with Gasteiger partial charge in [-0.1, -0.05) is 18.2 Å². The summed E-state index contributed by atoms with van der Waals surface area (Å²) in [6.07, 6.45) is 2.04. The topological polar surface area (TPSA) is 108 Å². The SMILES string of the molecule is COc1cccc(/C=N\NC(=O)CN(c2ccccc2F)S(C)(=O)=O)c1O. The maximum Gasteiger partial charge on any atom is 0.260 e. The Morgan fingerprint density at radius 2 is 2.00 bits per heavy atom. The molecule has 0 saturated carbocycles. The van der Waals surface area contributed by atoms with Crippen molar-refractivity contribution in [1.82, 2.24) is 5.43 Å². The first-order chi connectivity index (χ1) is 12.7. The number of nitrogens with one attached hydrogen (secondary N) is 1. The summed E-state index contributed by atoms with van der Waals surface area (Å²) in [4.78, 5) is 12.0. The highest BCUT2D eigenvalue weighted by Crippen LogP contribution is 2.27. The number of nitrogens with zero attached hydrogens (tertiary/aromatic N) is 2. The van der Waals surface area contributed by atoms with Crippen molar-refractivity contribution in [2.45, 2.75) is 0 Å². The van der Waals surface area contributed by atoms with Crippen LogP contribution in [0.2, 0.25) is 0 Å². The highest BCUT2D eigenvalue weighted by molar-refractivity contribution is 7.92. The van der Waals surface area contributed by atoms with Gasteiger partial charge in [0.15, 0.2) is 11.5 Å². The Hall–Kier alpha value is -3.14. The first-order valence-electron chi connectivity index (χ1n) is 7.64. The number of anilines is 1. The number of ether oxygens (including phenoxy) is 1. The van der Waals surface area contributed by atoms with Crippen molar-refractivity contribution in [3.63, 3.8) is 0 Å². The number of rotatable bonds is 7. The first-order valence-corrected chi connectivity index (χ1v) is 9.49. The summed E-state index contributed by atoms with van der Waals surface area (Å²) in [6.45, 7) is -0.665. The Kier molecular flexibility index (Phi) is 6.35. The molecule has 0 aromatic heterocycles. The van der Waals surface area contributed by atoms with Gasteiger partial charge in [-0.2, -0.15) is 5.10 Å². The fourth-order valence-corrected chi connectivity index (χ4v) is 3.04. The van der Waals surface area contributed by atoms with Gasteiger partial charge in [0.05, 0.1) is 25.3 Å². The van der Waals surface area contributed by atoms with E-state index in [1.54, 1.807) is 12.1 Å². The number of carbonyl (C=O) groups is 1. The number of hydrazone groups is 1. The lowest BCUT2D eigenvalue weighted by atomic mass is 10.2. The fourth-order valence-electron chi connectivity index (χ4n) is 2.18. The third-order valence-corrected chi connectivity index (χ3v) is 4.58. The van der Waals surface area contributed by atoms with Gasteiger partial charge in [-0.3, -0.25) is 9.10 Å². The van der Waals surface area contributed by atoms with Crippen LogP contribution in [0, 0.1) is 5.82 Å². The monoisotopic (exact) mass is 395 g/mol. The van der Waals surface area contributed by atoms with Crippen LogP contribution in [0.25, 0.3) is 0 Å². The highest BCUT2D eigenvalue weighted by Gasteiger charge is 2.23. The molecule has 2 rings (SSSR count). The quantitative estimate of drug-likeness (QED) is 0.545. The third-order valence-electron chi connectivity index (χ3n) is 3.45. The number of benzene rings is 2. The number of methoxy groups -OCH3 is 1. The second-order valence-electron chi connectivity index (χ2n) is 5.41. The molecule has 2 N–H and O–H groups in total. The minimum Gasteiger partial charge on any atom is -0.504 e. The van der Waals surface area contributed by atoms with Gasteiger partial charge in [0.25, 0.3) is 5.91 Å². The Bertz CT molecular complexity index is 963. The molecule has 0 radical (unpaired) electrons. The summed E-state index contributed by atoms with van der Waals surface area (Å²) in [7, 11) is -2.52. The molecule has 0 aliphatic carbocycles. The molecule has 10 heteroatoms. The summed E-state index contributed by atoms with van der Waals surface area (Å²) >= 11 is 0. The number of para-hydroxylation sites is 2. The van der Waals surface area contributed by atoms with E-state index in [9.17, 15) is 22.7 Å². The first kappa shape index (κ1) is 20.2. The Labute approximate surface area is 155 Å². The van der Waals surface area contributed by atoms with Gasteiger partial charge in [-0.05, 0) is 24.3 Å². The Balaban J connectivity index is 2.12. The van der Waals surface area contributed by atoms with Crippen LogP contribution in [0.5, 0.6) is 11.5 Å². The number of hydrogen-bond acceptors (Lipinski definition) is 6. The number of aromatic hydroxyl groups is 1. The molecule has 2 aromatic carbocycles. The predicted octanol–water partition coefficient (Wildman–Crippen LogP) is 1.46. The lowest BCUT2D eigenvalue weighted by molar-refractivity contribution is -0.119. The molecule has 0 unspecified atom stereocenters. The van der Waals surface area contributed by atoms with E-state index in [4.69, 9.17) is 4.74 Å². The number of phenols is 1. The van der Waals surface area contributed by atoms with Gasteiger partial charge in [0.1, 0.15) is 12.4 Å². The average Bonchev–Trinajstić information content (AvgIpc) is 2.61. The number of phenolic OH excluding ortho intramolecular Hbond substituents is 1. The zero-order valence-corrected chi connectivity index (χ0v) is 15.4. The maximum atomic E-state index is 13.9. The van der Waals surface area contributed by atoms with Crippen molar-refractivity contribution in [1.29, 1.82) is 0 Å². The summed E-state index contributed by atoms with van der Waals surface area (Å²) in [5.74, 6) is -1.50. The summed E-state index contributed by atoms with van der Waals surface area (Å²) in [5, 5.41) is 13.6. The summed E-state index contributed by atoms with van der Waals surface area (Å²) in [6, 6.07) is 9.91. The van der Waals surface area contributed by atoms with E-state index in [1.807, 2.05) is 0 Å². The molecule has 144 valence electrons. The number of sulfonamides is 1. The van der Waals surface area contributed by atoms with E-state index in [2.05, 4.69) is 10.5 Å². The van der Waals surface area contributed by atoms with Crippen molar-refractivity contribution in [3.05, 3.63) is 53.8 Å². The van der Waals surface area contributed by atoms with E-state index in [1.165, 1.54) is 37.6 Å². The molecule has 0 bridgehead atoms. The molecule has 0 saturated heterocycles. The van der Waals surface area contributed by atoms with Crippen molar-refractivity contribution in [2.24, 2.45) is 5.10 Å². The third kappa shape index (κ3) is 5.17. The standard InChI is InChI=1S/C17H18FN3O5S/c1-26-15-9-5-6-12(17(15)23)10-19-20-16(22)11-21(27(2,24)25)14-8-4-3-7-13(14)18/h3-10,23H,11H2,1-2H3,(H,20,22)/b19-10-. The smallest absolute Gasteiger partial charge is 0.260 e. The zero-order valence-electron chi connectivity index (χ0n) is 14.6. The molecule has 0 spiro atoms. The van der Waals surface area contributed by atoms with E-state index in [0.717, 1.165) is 12.3 Å². The lowest BCUT2D eigenvalue weighted by Crippen LogP contribution is -2.39. The number of halogens is 1. The van der Waals surface area contributed by atoms with Crippen molar-refractivity contribution < 1.29 is 27.4 Å². The van der Waals surface area contributed by atoms with Gasteiger partial charge in [-0.15, -0.1) is 0 Å². The van der Waals surface area contributed by atoms with Crippen molar-refractivity contribution >= 4 is 27.8 Å². The van der Waals surface area contributed by atoms with Crippen LogP contribution in [-0.2, 0) is 14.8 Å².